The summed E-state index contributed by atoms with van der Waals surface area (Å²) >= 11 is 5.51. The standard InChI is InChI=1S/C10H23ClFN2.ClH/c1-10(2,13-11)8-9(12)6-7-14(3,4)5;/h9,13H,6-8H2,1-5H3;1H/q+1;/p-1. The van der Waals surface area contributed by atoms with E-state index in [1.54, 1.807) is 0 Å². The Morgan fingerprint density at radius 2 is 1.80 bits per heavy atom. The van der Waals surface area contributed by atoms with Gasteiger partial charge in [-0.1, -0.05) is 0 Å². The monoisotopic (exact) mass is 260 g/mol. The second-order valence-corrected chi connectivity index (χ2v) is 5.77. The molecule has 0 aromatic rings. The normalized spacial score (nSPS) is 14.6. The van der Waals surface area contributed by atoms with E-state index in [0.29, 0.717) is 12.8 Å². The molecule has 0 saturated carbocycles. The lowest BCUT2D eigenvalue weighted by molar-refractivity contribution is -0.870. The van der Waals surface area contributed by atoms with E-state index in [1.165, 1.54) is 0 Å². The molecule has 0 fully saturated rings. The van der Waals surface area contributed by atoms with E-state index < -0.39 is 6.17 Å². The topological polar surface area (TPSA) is 12.0 Å². The van der Waals surface area contributed by atoms with Crippen LogP contribution in [0.4, 0.5) is 4.39 Å². The predicted octanol–water partition coefficient (Wildman–Crippen LogP) is -0.663. The van der Waals surface area contributed by atoms with Crippen LogP contribution in [-0.2, 0) is 0 Å². The zero-order chi connectivity index (χ0) is 11.4. The summed E-state index contributed by atoms with van der Waals surface area (Å²) in [6.45, 7) is 4.65. The number of hydrogen-bond donors (Lipinski definition) is 1. The van der Waals surface area contributed by atoms with Gasteiger partial charge in [0.15, 0.2) is 0 Å². The molecule has 0 aliphatic rings. The van der Waals surface area contributed by atoms with E-state index >= 15 is 0 Å². The summed E-state index contributed by atoms with van der Waals surface area (Å²) in [5.74, 6) is 0. The number of alkyl halides is 1. The van der Waals surface area contributed by atoms with Crippen LogP contribution >= 0.6 is 11.8 Å². The summed E-state index contributed by atoms with van der Waals surface area (Å²) in [7, 11) is 6.20. The first-order valence-corrected chi connectivity index (χ1v) is 5.36. The Morgan fingerprint density at radius 1 is 1.33 bits per heavy atom. The molecule has 1 unspecified atom stereocenters. The molecule has 0 saturated heterocycles. The molecule has 0 radical (unpaired) electrons. The molecule has 0 aromatic heterocycles. The quantitative estimate of drug-likeness (QED) is 0.494. The van der Waals surface area contributed by atoms with Crippen molar-refractivity contribution in [3.8, 4) is 0 Å². The third kappa shape index (κ3) is 10.7. The lowest BCUT2D eigenvalue weighted by Crippen LogP contribution is -3.00. The van der Waals surface area contributed by atoms with Crippen molar-refractivity contribution in [2.75, 3.05) is 27.7 Å². The maximum atomic E-state index is 13.5. The van der Waals surface area contributed by atoms with Gasteiger partial charge in [0.2, 0.25) is 0 Å². The Morgan fingerprint density at radius 3 is 2.13 bits per heavy atom. The lowest BCUT2D eigenvalue weighted by atomic mass is 9.97. The largest absolute Gasteiger partial charge is 1.00 e. The molecule has 0 aliphatic carbocycles. The summed E-state index contributed by atoms with van der Waals surface area (Å²) in [5.41, 5.74) is -0.328. The van der Waals surface area contributed by atoms with Crippen molar-refractivity contribution in [1.82, 2.24) is 4.84 Å². The van der Waals surface area contributed by atoms with E-state index in [4.69, 9.17) is 11.8 Å². The third-order valence-corrected chi connectivity index (χ3v) is 2.61. The number of rotatable bonds is 6. The van der Waals surface area contributed by atoms with Crippen LogP contribution in [-0.4, -0.2) is 43.9 Å². The molecule has 0 rings (SSSR count). The number of nitrogens with zero attached hydrogens (tertiary/aromatic N) is 1. The summed E-state index contributed by atoms with van der Waals surface area (Å²) in [4.78, 5) is 2.60. The van der Waals surface area contributed by atoms with Gasteiger partial charge in [0.25, 0.3) is 0 Å². The molecule has 1 atom stereocenters. The molecule has 1 N–H and O–H groups in total. The van der Waals surface area contributed by atoms with Gasteiger partial charge in [0.05, 0.1) is 27.7 Å². The highest BCUT2D eigenvalue weighted by Crippen LogP contribution is 2.17. The molecule has 94 valence electrons. The molecule has 0 aromatic carbocycles. The fraction of sp³-hybridized carbons (Fsp3) is 1.00. The Labute approximate surface area is 104 Å². The first kappa shape index (κ1) is 17.8. The maximum absolute atomic E-state index is 13.5. The lowest BCUT2D eigenvalue weighted by Gasteiger charge is -2.27. The molecule has 0 bridgehead atoms. The van der Waals surface area contributed by atoms with Crippen molar-refractivity contribution in [3.63, 3.8) is 0 Å². The Hall–Kier alpha value is 0.430. The predicted molar refractivity (Wildman–Crippen MR) is 60.1 cm³/mol. The number of nitrogens with one attached hydrogen (secondary N) is 1. The van der Waals surface area contributed by atoms with Gasteiger partial charge >= 0.3 is 0 Å². The zero-order valence-electron chi connectivity index (χ0n) is 10.3. The van der Waals surface area contributed by atoms with Gasteiger partial charge in [-0.3, -0.25) is 0 Å². The van der Waals surface area contributed by atoms with Crippen LogP contribution in [0.15, 0.2) is 0 Å². The average Bonchev–Trinajstić information content (AvgIpc) is 1.99. The molecule has 0 heterocycles. The van der Waals surface area contributed by atoms with Crippen LogP contribution in [0.5, 0.6) is 0 Å². The molecular weight excluding hydrogens is 238 g/mol. The van der Waals surface area contributed by atoms with Crippen molar-refractivity contribution < 1.29 is 21.3 Å². The minimum absolute atomic E-state index is 0. The second kappa shape index (κ2) is 6.89. The van der Waals surface area contributed by atoms with Crippen molar-refractivity contribution >= 4 is 11.8 Å². The van der Waals surface area contributed by atoms with Crippen LogP contribution in [0.3, 0.4) is 0 Å². The van der Waals surface area contributed by atoms with Crippen molar-refractivity contribution in [3.05, 3.63) is 0 Å². The maximum Gasteiger partial charge on any atom is 0.107 e. The number of halogens is 3. The fourth-order valence-corrected chi connectivity index (χ4v) is 1.30. The Kier molecular flexibility index (Phi) is 8.19. The van der Waals surface area contributed by atoms with Crippen LogP contribution in [0.25, 0.3) is 0 Å². The average molecular weight is 261 g/mol. The molecule has 2 nitrogen and oxygen atoms in total. The van der Waals surface area contributed by atoms with Gasteiger partial charge in [-0.05, 0) is 32.0 Å². The van der Waals surface area contributed by atoms with Crippen LogP contribution in [0.1, 0.15) is 26.7 Å². The molecule has 5 heteroatoms. The van der Waals surface area contributed by atoms with Gasteiger partial charge in [-0.2, -0.15) is 0 Å². The van der Waals surface area contributed by atoms with E-state index in [9.17, 15) is 4.39 Å². The van der Waals surface area contributed by atoms with Gasteiger partial charge in [0.1, 0.15) is 6.17 Å². The smallest absolute Gasteiger partial charge is 0.107 e. The SMILES string of the molecule is CC(C)(CC(F)CC[N+](C)(C)C)NCl.[Cl-]. The summed E-state index contributed by atoms with van der Waals surface area (Å²) in [5, 5.41) is 0. The van der Waals surface area contributed by atoms with Crippen molar-refractivity contribution in [1.29, 1.82) is 0 Å². The van der Waals surface area contributed by atoms with Gasteiger partial charge in [0, 0.05) is 12.0 Å². The minimum atomic E-state index is -0.784. The number of hydrogen-bond acceptors (Lipinski definition) is 1. The van der Waals surface area contributed by atoms with Gasteiger partial charge in [-0.15, -0.1) is 0 Å². The van der Waals surface area contributed by atoms with Crippen LogP contribution in [0, 0.1) is 0 Å². The highest BCUT2D eigenvalue weighted by Gasteiger charge is 2.23. The zero-order valence-corrected chi connectivity index (χ0v) is 11.8. The third-order valence-electron chi connectivity index (χ3n) is 2.10. The molecule has 0 aliphatic heterocycles. The van der Waals surface area contributed by atoms with Crippen molar-refractivity contribution in [2.24, 2.45) is 0 Å². The number of quaternary nitrogens is 1. The summed E-state index contributed by atoms with van der Waals surface area (Å²) < 4.78 is 14.3. The molecule has 15 heavy (non-hydrogen) atoms. The summed E-state index contributed by atoms with van der Waals surface area (Å²) in [6, 6.07) is 0. The highest BCUT2D eigenvalue weighted by molar-refractivity contribution is 6.13. The molecule has 0 spiro atoms. The van der Waals surface area contributed by atoms with E-state index in [-0.39, 0.29) is 17.9 Å². The Bertz CT molecular complexity index is 169. The molecular formula is C10H23Cl2FN2. The summed E-state index contributed by atoms with van der Waals surface area (Å²) in [6.07, 6.45) is 0.260. The first-order valence-electron chi connectivity index (χ1n) is 4.99. The minimum Gasteiger partial charge on any atom is -1.00 e. The highest BCUT2D eigenvalue weighted by atomic mass is 35.5. The fourth-order valence-electron chi connectivity index (χ4n) is 1.22. The van der Waals surface area contributed by atoms with Gasteiger partial charge in [-0.25, -0.2) is 9.23 Å². The van der Waals surface area contributed by atoms with Crippen LogP contribution < -0.4 is 17.2 Å². The second-order valence-electron chi connectivity index (χ2n) is 5.58. The molecule has 0 amide bonds. The first-order chi connectivity index (χ1) is 6.16. The van der Waals surface area contributed by atoms with Crippen molar-refractivity contribution in [2.45, 2.75) is 38.4 Å². The van der Waals surface area contributed by atoms with Crippen LogP contribution in [0.2, 0.25) is 0 Å². The van der Waals surface area contributed by atoms with Gasteiger partial charge < -0.3 is 16.9 Å². The van der Waals surface area contributed by atoms with E-state index in [2.05, 4.69) is 26.0 Å². The van der Waals surface area contributed by atoms with E-state index in [0.717, 1.165) is 11.0 Å². The van der Waals surface area contributed by atoms with E-state index in [1.807, 2.05) is 13.8 Å². The Balaban J connectivity index is 0.